The van der Waals surface area contributed by atoms with Crippen LogP contribution in [-0.2, 0) is 6.54 Å². The van der Waals surface area contributed by atoms with E-state index < -0.39 is 0 Å². The number of halogens is 1. The van der Waals surface area contributed by atoms with E-state index in [4.69, 9.17) is 5.26 Å². The average molecular weight is 220 g/mol. The van der Waals surface area contributed by atoms with Crippen molar-refractivity contribution in [3.8, 4) is 6.07 Å². The summed E-state index contributed by atoms with van der Waals surface area (Å²) < 4.78 is 13.1. The molecule has 3 heteroatoms. The molecule has 0 amide bonds. The van der Waals surface area contributed by atoms with Crippen molar-refractivity contribution in [2.45, 2.75) is 39.3 Å². The van der Waals surface area contributed by atoms with Crippen LogP contribution < -0.4 is 5.32 Å². The second-order valence-corrected chi connectivity index (χ2v) is 4.55. The maximum Gasteiger partial charge on any atom is 0.124 e. The minimum Gasteiger partial charge on any atom is -0.308 e. The molecule has 0 heterocycles. The van der Waals surface area contributed by atoms with Crippen LogP contribution >= 0.6 is 0 Å². The minimum atomic E-state index is -0.356. The standard InChI is InChI=1S/C13H17FN2/c1-4-13(2,3)16-9-11-5-10(8-15)6-12(14)7-11/h5-7,16H,4,9H2,1-3H3. The van der Waals surface area contributed by atoms with E-state index >= 15 is 0 Å². The largest absolute Gasteiger partial charge is 0.308 e. The Morgan fingerprint density at radius 3 is 2.62 bits per heavy atom. The Kier molecular flexibility index (Phi) is 4.03. The number of nitriles is 1. The van der Waals surface area contributed by atoms with Crippen LogP contribution in [0, 0.1) is 17.1 Å². The number of benzene rings is 1. The van der Waals surface area contributed by atoms with Crippen LogP contribution in [0.4, 0.5) is 4.39 Å². The van der Waals surface area contributed by atoms with Crippen LogP contribution in [0.25, 0.3) is 0 Å². The number of hydrogen-bond acceptors (Lipinski definition) is 2. The maximum atomic E-state index is 13.1. The van der Waals surface area contributed by atoms with Gasteiger partial charge in [-0.25, -0.2) is 4.39 Å². The molecule has 0 aromatic heterocycles. The van der Waals surface area contributed by atoms with Crippen molar-refractivity contribution >= 4 is 0 Å². The molecule has 0 atom stereocenters. The quantitative estimate of drug-likeness (QED) is 0.846. The molecule has 2 nitrogen and oxygen atoms in total. The minimum absolute atomic E-state index is 0.0269. The summed E-state index contributed by atoms with van der Waals surface area (Å²) in [7, 11) is 0. The van der Waals surface area contributed by atoms with Gasteiger partial charge in [0.05, 0.1) is 11.6 Å². The highest BCUT2D eigenvalue weighted by Crippen LogP contribution is 2.12. The Morgan fingerprint density at radius 2 is 2.06 bits per heavy atom. The fraction of sp³-hybridized carbons (Fsp3) is 0.462. The first-order valence-corrected chi connectivity index (χ1v) is 5.41. The molecule has 1 rings (SSSR count). The number of rotatable bonds is 4. The van der Waals surface area contributed by atoms with E-state index in [1.165, 1.54) is 12.1 Å². The normalized spacial score (nSPS) is 11.2. The lowest BCUT2D eigenvalue weighted by atomic mass is 10.0. The second-order valence-electron chi connectivity index (χ2n) is 4.55. The van der Waals surface area contributed by atoms with Gasteiger partial charge in [-0.05, 0) is 44.0 Å². The fourth-order valence-electron chi connectivity index (χ4n) is 1.28. The number of nitrogens with zero attached hydrogens (tertiary/aromatic N) is 1. The van der Waals surface area contributed by atoms with Crippen LogP contribution in [0.5, 0.6) is 0 Å². The van der Waals surface area contributed by atoms with Crippen molar-refractivity contribution in [3.63, 3.8) is 0 Å². The highest BCUT2D eigenvalue weighted by molar-refractivity contribution is 5.33. The van der Waals surface area contributed by atoms with Crippen LogP contribution in [0.1, 0.15) is 38.3 Å². The Labute approximate surface area is 96.1 Å². The summed E-state index contributed by atoms with van der Waals surface area (Å²) in [5, 5.41) is 12.1. The molecule has 0 radical (unpaired) electrons. The van der Waals surface area contributed by atoms with Gasteiger partial charge in [0.1, 0.15) is 5.82 Å². The van der Waals surface area contributed by atoms with Crippen molar-refractivity contribution in [2.75, 3.05) is 0 Å². The van der Waals surface area contributed by atoms with E-state index in [0.717, 1.165) is 12.0 Å². The summed E-state index contributed by atoms with van der Waals surface area (Å²) in [5.74, 6) is -0.356. The van der Waals surface area contributed by atoms with E-state index in [1.54, 1.807) is 6.07 Å². The summed E-state index contributed by atoms with van der Waals surface area (Å²) in [5.41, 5.74) is 1.20. The highest BCUT2D eigenvalue weighted by Gasteiger charge is 2.13. The molecule has 0 saturated carbocycles. The summed E-state index contributed by atoms with van der Waals surface area (Å²) in [6, 6.07) is 6.36. The molecular formula is C13H17FN2. The van der Waals surface area contributed by atoms with Crippen LogP contribution in [0.3, 0.4) is 0 Å². The smallest absolute Gasteiger partial charge is 0.124 e. The van der Waals surface area contributed by atoms with Crippen LogP contribution in [0.15, 0.2) is 18.2 Å². The van der Waals surface area contributed by atoms with Gasteiger partial charge in [-0.3, -0.25) is 0 Å². The topological polar surface area (TPSA) is 35.8 Å². The van der Waals surface area contributed by atoms with E-state index in [0.29, 0.717) is 12.1 Å². The van der Waals surface area contributed by atoms with Crippen LogP contribution in [0.2, 0.25) is 0 Å². The molecule has 0 saturated heterocycles. The van der Waals surface area contributed by atoms with Crippen molar-refractivity contribution < 1.29 is 4.39 Å². The summed E-state index contributed by atoms with van der Waals surface area (Å²) in [6.45, 7) is 6.86. The number of nitrogens with one attached hydrogen (secondary N) is 1. The lowest BCUT2D eigenvalue weighted by Gasteiger charge is -2.24. The summed E-state index contributed by atoms with van der Waals surface area (Å²) in [6.07, 6.45) is 0.993. The third-order valence-electron chi connectivity index (χ3n) is 2.74. The third-order valence-corrected chi connectivity index (χ3v) is 2.74. The molecule has 0 aliphatic rings. The van der Waals surface area contributed by atoms with Crippen molar-refractivity contribution in [3.05, 3.63) is 35.1 Å². The van der Waals surface area contributed by atoms with Gasteiger partial charge in [0, 0.05) is 12.1 Å². The Bertz CT molecular complexity index is 405. The Hall–Kier alpha value is -1.40. The molecule has 0 unspecified atom stereocenters. The first kappa shape index (κ1) is 12.7. The molecule has 0 aliphatic carbocycles. The molecule has 1 N–H and O–H groups in total. The molecule has 0 aliphatic heterocycles. The molecule has 0 bridgehead atoms. The number of hydrogen-bond donors (Lipinski definition) is 1. The van der Waals surface area contributed by atoms with Gasteiger partial charge in [0.2, 0.25) is 0 Å². The van der Waals surface area contributed by atoms with Gasteiger partial charge >= 0.3 is 0 Å². The predicted molar refractivity (Wildman–Crippen MR) is 62.3 cm³/mol. The first-order valence-electron chi connectivity index (χ1n) is 5.41. The molecule has 0 spiro atoms. The lowest BCUT2D eigenvalue weighted by Crippen LogP contribution is -2.37. The van der Waals surface area contributed by atoms with Crippen molar-refractivity contribution in [1.29, 1.82) is 5.26 Å². The average Bonchev–Trinajstić information content (AvgIpc) is 2.26. The Balaban J connectivity index is 2.75. The molecule has 86 valence electrons. The van der Waals surface area contributed by atoms with Gasteiger partial charge in [0.15, 0.2) is 0 Å². The lowest BCUT2D eigenvalue weighted by molar-refractivity contribution is 0.374. The van der Waals surface area contributed by atoms with Gasteiger partial charge < -0.3 is 5.32 Å². The van der Waals surface area contributed by atoms with Gasteiger partial charge in [0.25, 0.3) is 0 Å². The second kappa shape index (κ2) is 5.09. The monoisotopic (exact) mass is 220 g/mol. The molecule has 1 aromatic rings. The predicted octanol–water partition coefficient (Wildman–Crippen LogP) is 2.98. The van der Waals surface area contributed by atoms with Gasteiger partial charge in [-0.2, -0.15) is 5.26 Å². The van der Waals surface area contributed by atoms with Crippen molar-refractivity contribution in [1.82, 2.24) is 5.32 Å². The maximum absolute atomic E-state index is 13.1. The third kappa shape index (κ3) is 3.63. The van der Waals surface area contributed by atoms with Crippen LogP contribution in [-0.4, -0.2) is 5.54 Å². The molecule has 1 aromatic carbocycles. The van der Waals surface area contributed by atoms with E-state index in [1.807, 2.05) is 6.07 Å². The molecule has 0 fully saturated rings. The summed E-state index contributed by atoms with van der Waals surface area (Å²) in [4.78, 5) is 0. The van der Waals surface area contributed by atoms with Gasteiger partial charge in [-0.1, -0.05) is 6.92 Å². The zero-order chi connectivity index (χ0) is 12.2. The molecular weight excluding hydrogens is 203 g/mol. The van der Waals surface area contributed by atoms with E-state index in [2.05, 4.69) is 26.1 Å². The fourth-order valence-corrected chi connectivity index (χ4v) is 1.28. The first-order chi connectivity index (χ1) is 7.46. The highest BCUT2D eigenvalue weighted by atomic mass is 19.1. The van der Waals surface area contributed by atoms with E-state index in [9.17, 15) is 4.39 Å². The SMILES string of the molecule is CCC(C)(C)NCc1cc(F)cc(C#N)c1. The zero-order valence-electron chi connectivity index (χ0n) is 9.97. The zero-order valence-corrected chi connectivity index (χ0v) is 9.97. The molecule has 16 heavy (non-hydrogen) atoms. The van der Waals surface area contributed by atoms with Crippen molar-refractivity contribution in [2.24, 2.45) is 0 Å². The summed E-state index contributed by atoms with van der Waals surface area (Å²) >= 11 is 0. The van der Waals surface area contributed by atoms with E-state index in [-0.39, 0.29) is 11.4 Å². The Morgan fingerprint density at radius 1 is 1.38 bits per heavy atom. The van der Waals surface area contributed by atoms with Gasteiger partial charge in [-0.15, -0.1) is 0 Å².